The van der Waals surface area contributed by atoms with Gasteiger partial charge in [0.25, 0.3) is 0 Å². The zero-order chi connectivity index (χ0) is 17.6. The molecule has 1 amide bonds. The first-order valence-corrected chi connectivity index (χ1v) is 8.98. The maximum absolute atomic E-state index is 12.4. The molecule has 2 heterocycles. The topological polar surface area (TPSA) is 58.1 Å². The number of nitrogens with zero attached hydrogens (tertiary/aromatic N) is 3. The Morgan fingerprint density at radius 3 is 2.64 bits per heavy atom. The van der Waals surface area contributed by atoms with E-state index >= 15 is 0 Å². The predicted octanol–water partition coefficient (Wildman–Crippen LogP) is 2.67. The molecule has 0 bridgehead atoms. The molecule has 0 radical (unpaired) electrons. The van der Waals surface area contributed by atoms with E-state index in [2.05, 4.69) is 20.2 Å². The fourth-order valence-electron chi connectivity index (χ4n) is 3.38. The molecule has 1 aliphatic rings. The number of aryl methyl sites for hydroxylation is 1. The molecule has 1 atom stereocenters. The molecular weight excluding hydrogens is 312 g/mol. The molecule has 0 unspecified atom stereocenters. The third kappa shape index (κ3) is 4.63. The Morgan fingerprint density at radius 2 is 1.96 bits per heavy atom. The van der Waals surface area contributed by atoms with Gasteiger partial charge >= 0.3 is 0 Å². The summed E-state index contributed by atoms with van der Waals surface area (Å²) in [6, 6.07) is 11.9. The van der Waals surface area contributed by atoms with Crippen molar-refractivity contribution in [3.8, 4) is 0 Å². The second-order valence-electron chi connectivity index (χ2n) is 6.72. The number of nitrogens with one attached hydrogen (secondary N) is 1. The van der Waals surface area contributed by atoms with Gasteiger partial charge in [-0.2, -0.15) is 0 Å². The lowest BCUT2D eigenvalue weighted by molar-refractivity contribution is -0.126. The van der Waals surface area contributed by atoms with E-state index in [1.165, 1.54) is 0 Å². The van der Waals surface area contributed by atoms with Gasteiger partial charge in [-0.15, -0.1) is 0 Å². The normalized spacial score (nSPS) is 17.2. The Kier molecular flexibility index (Phi) is 5.76. The summed E-state index contributed by atoms with van der Waals surface area (Å²) in [5.74, 6) is 1.39. The van der Waals surface area contributed by atoms with Crippen molar-refractivity contribution in [1.29, 1.82) is 0 Å². The standard InChI is InChI=1S/C20H26N4O/c1-15(20(25)22-14-17-6-4-3-5-7-17)24-12-9-18(10-13-24)19-8-11-21-16(2)23-19/h3-8,11,15,18H,9-10,12-14H2,1-2H3,(H,22,25)/t15-/m0/s1. The summed E-state index contributed by atoms with van der Waals surface area (Å²) in [6.45, 7) is 6.36. The van der Waals surface area contributed by atoms with Gasteiger partial charge in [0.2, 0.25) is 5.91 Å². The molecule has 1 aromatic heterocycles. The lowest BCUT2D eigenvalue weighted by Crippen LogP contribution is -2.47. The van der Waals surface area contributed by atoms with Crippen molar-refractivity contribution in [2.75, 3.05) is 13.1 Å². The van der Waals surface area contributed by atoms with E-state index in [4.69, 9.17) is 0 Å². The summed E-state index contributed by atoms with van der Waals surface area (Å²) in [6.07, 6.45) is 3.91. The summed E-state index contributed by atoms with van der Waals surface area (Å²) >= 11 is 0. The highest BCUT2D eigenvalue weighted by atomic mass is 16.2. The molecular formula is C20H26N4O. The number of aromatic nitrogens is 2. The van der Waals surface area contributed by atoms with Gasteiger partial charge in [-0.1, -0.05) is 30.3 Å². The lowest BCUT2D eigenvalue weighted by Gasteiger charge is -2.35. The summed E-state index contributed by atoms with van der Waals surface area (Å²) in [5, 5.41) is 3.05. The zero-order valence-corrected chi connectivity index (χ0v) is 15.0. The van der Waals surface area contributed by atoms with E-state index in [1.54, 1.807) is 0 Å². The molecule has 5 heteroatoms. The SMILES string of the molecule is Cc1nccc(C2CCN([C@@H](C)C(=O)NCc3ccccc3)CC2)n1. The Labute approximate surface area is 149 Å². The van der Waals surface area contributed by atoms with Gasteiger partial charge in [-0.3, -0.25) is 9.69 Å². The van der Waals surface area contributed by atoms with Crippen LogP contribution in [0.1, 0.15) is 42.8 Å². The van der Waals surface area contributed by atoms with E-state index < -0.39 is 0 Å². The molecule has 3 rings (SSSR count). The molecule has 1 saturated heterocycles. The summed E-state index contributed by atoms with van der Waals surface area (Å²) in [7, 11) is 0. The number of piperidine rings is 1. The molecule has 1 aliphatic heterocycles. The molecule has 5 nitrogen and oxygen atoms in total. The minimum absolute atomic E-state index is 0.0974. The Morgan fingerprint density at radius 1 is 1.24 bits per heavy atom. The van der Waals surface area contributed by atoms with Crippen molar-refractivity contribution in [3.63, 3.8) is 0 Å². The zero-order valence-electron chi connectivity index (χ0n) is 15.0. The molecule has 132 valence electrons. The van der Waals surface area contributed by atoms with Crippen molar-refractivity contribution in [2.24, 2.45) is 0 Å². The maximum atomic E-state index is 12.4. The molecule has 1 N–H and O–H groups in total. The molecule has 25 heavy (non-hydrogen) atoms. The number of carbonyl (C=O) groups excluding carboxylic acids is 1. The van der Waals surface area contributed by atoms with Crippen LogP contribution in [-0.2, 0) is 11.3 Å². The summed E-state index contributed by atoms with van der Waals surface area (Å²) in [4.78, 5) is 23.4. The van der Waals surface area contributed by atoms with Crippen LogP contribution in [0.3, 0.4) is 0 Å². The average molecular weight is 338 g/mol. The van der Waals surface area contributed by atoms with Crippen LogP contribution >= 0.6 is 0 Å². The Balaban J connectivity index is 1.49. The van der Waals surface area contributed by atoms with Crippen LogP contribution in [0.2, 0.25) is 0 Å². The minimum atomic E-state index is -0.100. The minimum Gasteiger partial charge on any atom is -0.351 e. The van der Waals surface area contributed by atoms with E-state index in [9.17, 15) is 4.79 Å². The number of amides is 1. The van der Waals surface area contributed by atoms with Crippen molar-refractivity contribution in [1.82, 2.24) is 20.2 Å². The fourth-order valence-corrected chi connectivity index (χ4v) is 3.38. The van der Waals surface area contributed by atoms with Crippen LogP contribution in [0.25, 0.3) is 0 Å². The Hall–Kier alpha value is -2.27. The van der Waals surface area contributed by atoms with Crippen molar-refractivity contribution >= 4 is 5.91 Å². The molecule has 1 fully saturated rings. The average Bonchev–Trinajstić information content (AvgIpc) is 2.66. The second-order valence-corrected chi connectivity index (χ2v) is 6.72. The highest BCUT2D eigenvalue weighted by molar-refractivity contribution is 5.81. The quantitative estimate of drug-likeness (QED) is 0.911. The van der Waals surface area contributed by atoms with Gasteiger partial charge in [0, 0.05) is 24.4 Å². The van der Waals surface area contributed by atoms with E-state index in [1.807, 2.05) is 56.4 Å². The monoisotopic (exact) mass is 338 g/mol. The van der Waals surface area contributed by atoms with Crippen LogP contribution in [0.5, 0.6) is 0 Å². The molecule has 1 aromatic carbocycles. The first-order chi connectivity index (χ1) is 12.1. The van der Waals surface area contributed by atoms with Gasteiger partial charge < -0.3 is 5.32 Å². The molecule has 0 spiro atoms. The summed E-state index contributed by atoms with van der Waals surface area (Å²) < 4.78 is 0. The number of carbonyl (C=O) groups is 1. The number of likely N-dealkylation sites (tertiary alicyclic amines) is 1. The number of hydrogen-bond donors (Lipinski definition) is 1. The van der Waals surface area contributed by atoms with Crippen LogP contribution < -0.4 is 5.32 Å². The van der Waals surface area contributed by atoms with E-state index in [0.717, 1.165) is 43.0 Å². The largest absolute Gasteiger partial charge is 0.351 e. The van der Waals surface area contributed by atoms with Gasteiger partial charge in [0.1, 0.15) is 5.82 Å². The molecule has 0 aliphatic carbocycles. The maximum Gasteiger partial charge on any atom is 0.237 e. The van der Waals surface area contributed by atoms with Crippen LogP contribution in [0.15, 0.2) is 42.6 Å². The van der Waals surface area contributed by atoms with Crippen LogP contribution in [0.4, 0.5) is 0 Å². The first-order valence-electron chi connectivity index (χ1n) is 8.98. The highest BCUT2D eigenvalue weighted by Gasteiger charge is 2.27. The van der Waals surface area contributed by atoms with Gasteiger partial charge in [-0.05, 0) is 51.4 Å². The van der Waals surface area contributed by atoms with E-state index in [0.29, 0.717) is 12.5 Å². The lowest BCUT2D eigenvalue weighted by atomic mass is 9.92. The van der Waals surface area contributed by atoms with Crippen molar-refractivity contribution in [3.05, 3.63) is 59.7 Å². The van der Waals surface area contributed by atoms with Gasteiger partial charge in [-0.25, -0.2) is 9.97 Å². The highest BCUT2D eigenvalue weighted by Crippen LogP contribution is 2.27. The van der Waals surface area contributed by atoms with Crippen molar-refractivity contribution in [2.45, 2.75) is 45.2 Å². The van der Waals surface area contributed by atoms with Crippen LogP contribution in [-0.4, -0.2) is 39.9 Å². The van der Waals surface area contributed by atoms with Gasteiger partial charge in [0.05, 0.1) is 6.04 Å². The molecule has 2 aromatic rings. The smallest absolute Gasteiger partial charge is 0.237 e. The third-order valence-corrected chi connectivity index (χ3v) is 4.98. The molecule has 0 saturated carbocycles. The number of benzene rings is 1. The number of rotatable bonds is 5. The third-order valence-electron chi connectivity index (χ3n) is 4.98. The Bertz CT molecular complexity index is 696. The first kappa shape index (κ1) is 17.5. The summed E-state index contributed by atoms with van der Waals surface area (Å²) in [5.41, 5.74) is 2.26. The van der Waals surface area contributed by atoms with Gasteiger partial charge in [0.15, 0.2) is 0 Å². The fraction of sp³-hybridized carbons (Fsp3) is 0.450. The second kappa shape index (κ2) is 8.21. The van der Waals surface area contributed by atoms with E-state index in [-0.39, 0.29) is 11.9 Å². The van der Waals surface area contributed by atoms with Crippen molar-refractivity contribution < 1.29 is 4.79 Å². The predicted molar refractivity (Wildman–Crippen MR) is 98.1 cm³/mol. The number of hydrogen-bond acceptors (Lipinski definition) is 4. The van der Waals surface area contributed by atoms with Crippen LogP contribution in [0, 0.1) is 6.92 Å².